The number of hydrogen-bond donors (Lipinski definition) is 1. The fourth-order valence-electron chi connectivity index (χ4n) is 3.22. The molecule has 1 aromatic heterocycles. The Morgan fingerprint density at radius 1 is 1.19 bits per heavy atom. The fraction of sp³-hybridized carbons (Fsp3) is 0.438. The van der Waals surface area contributed by atoms with E-state index in [0.717, 1.165) is 19.3 Å². The van der Waals surface area contributed by atoms with Gasteiger partial charge in [-0.05, 0) is 39.2 Å². The number of fused-ring (bicyclic) bond motifs is 1. The summed E-state index contributed by atoms with van der Waals surface area (Å²) in [5.74, 6) is -0.0952. The van der Waals surface area contributed by atoms with Crippen LogP contribution in [0.25, 0.3) is 10.8 Å². The zero-order valence-corrected chi connectivity index (χ0v) is 12.3. The molecule has 1 fully saturated rings. The molecular formula is C16H19N3O2. The van der Waals surface area contributed by atoms with Gasteiger partial charge in [0.15, 0.2) is 5.69 Å². The van der Waals surface area contributed by atoms with Gasteiger partial charge in [0, 0.05) is 17.5 Å². The minimum Gasteiger partial charge on any atom is -0.332 e. The van der Waals surface area contributed by atoms with Crippen molar-refractivity contribution in [3.8, 4) is 0 Å². The summed E-state index contributed by atoms with van der Waals surface area (Å²) in [5, 5.41) is 7.59. The number of aromatic amines is 1. The molecule has 110 valence electrons. The maximum Gasteiger partial charge on any atom is 0.275 e. The van der Waals surface area contributed by atoms with Gasteiger partial charge in [0.2, 0.25) is 0 Å². The van der Waals surface area contributed by atoms with Crippen LogP contribution in [0.2, 0.25) is 0 Å². The maximum atomic E-state index is 12.9. The molecule has 3 rings (SSSR count). The second kappa shape index (κ2) is 5.31. The SMILES string of the molecule is C[C@@H]1CCC[C@H](C)N1C(=O)c1n[nH]c(=O)c2ccccc12. The molecular weight excluding hydrogens is 266 g/mol. The molecule has 2 atom stereocenters. The largest absolute Gasteiger partial charge is 0.332 e. The lowest BCUT2D eigenvalue weighted by Gasteiger charge is -2.38. The van der Waals surface area contributed by atoms with Crippen LogP contribution in [0.4, 0.5) is 0 Å². The van der Waals surface area contributed by atoms with E-state index >= 15 is 0 Å². The number of hydrogen-bond acceptors (Lipinski definition) is 3. The van der Waals surface area contributed by atoms with Crippen LogP contribution in [-0.4, -0.2) is 33.1 Å². The van der Waals surface area contributed by atoms with Crippen molar-refractivity contribution in [1.82, 2.24) is 15.1 Å². The van der Waals surface area contributed by atoms with Gasteiger partial charge < -0.3 is 4.90 Å². The van der Waals surface area contributed by atoms with Crippen molar-refractivity contribution in [3.63, 3.8) is 0 Å². The summed E-state index contributed by atoms with van der Waals surface area (Å²) in [5.41, 5.74) is 0.0766. The van der Waals surface area contributed by atoms with Crippen LogP contribution in [0.5, 0.6) is 0 Å². The normalized spacial score (nSPS) is 22.5. The van der Waals surface area contributed by atoms with Crippen molar-refractivity contribution in [2.24, 2.45) is 0 Å². The average molecular weight is 285 g/mol. The lowest BCUT2D eigenvalue weighted by atomic mass is 9.96. The van der Waals surface area contributed by atoms with Gasteiger partial charge in [-0.3, -0.25) is 9.59 Å². The number of aromatic nitrogens is 2. The summed E-state index contributed by atoms with van der Waals surface area (Å²) in [4.78, 5) is 26.6. The maximum absolute atomic E-state index is 12.9. The Morgan fingerprint density at radius 3 is 2.48 bits per heavy atom. The molecule has 1 aliphatic rings. The first-order chi connectivity index (χ1) is 10.1. The van der Waals surface area contributed by atoms with Crippen molar-refractivity contribution in [3.05, 3.63) is 40.3 Å². The summed E-state index contributed by atoms with van der Waals surface area (Å²) >= 11 is 0. The predicted molar refractivity (Wildman–Crippen MR) is 81.3 cm³/mol. The van der Waals surface area contributed by atoms with Gasteiger partial charge in [-0.25, -0.2) is 5.10 Å². The Hall–Kier alpha value is -2.17. The first-order valence-electron chi connectivity index (χ1n) is 7.39. The van der Waals surface area contributed by atoms with Gasteiger partial charge in [-0.15, -0.1) is 0 Å². The highest BCUT2D eigenvalue weighted by Gasteiger charge is 2.31. The van der Waals surface area contributed by atoms with Crippen LogP contribution in [0.15, 0.2) is 29.1 Å². The van der Waals surface area contributed by atoms with Crippen molar-refractivity contribution in [2.45, 2.75) is 45.2 Å². The van der Waals surface area contributed by atoms with Crippen molar-refractivity contribution in [1.29, 1.82) is 0 Å². The minimum absolute atomic E-state index is 0.0952. The van der Waals surface area contributed by atoms with Gasteiger partial charge in [0.05, 0.1) is 5.39 Å². The molecule has 0 saturated carbocycles. The fourth-order valence-corrected chi connectivity index (χ4v) is 3.22. The average Bonchev–Trinajstić information content (AvgIpc) is 2.47. The highest BCUT2D eigenvalue weighted by Crippen LogP contribution is 2.25. The molecule has 0 unspecified atom stereocenters. The molecule has 1 saturated heterocycles. The monoisotopic (exact) mass is 285 g/mol. The Labute approximate surface area is 123 Å². The summed E-state index contributed by atoms with van der Waals surface area (Å²) in [6, 6.07) is 7.52. The van der Waals surface area contributed by atoms with Gasteiger partial charge in [0.1, 0.15) is 0 Å². The number of nitrogens with zero attached hydrogens (tertiary/aromatic N) is 2. The van der Waals surface area contributed by atoms with E-state index in [2.05, 4.69) is 24.0 Å². The molecule has 1 aromatic carbocycles. The molecule has 1 aliphatic heterocycles. The number of nitrogens with one attached hydrogen (secondary N) is 1. The lowest BCUT2D eigenvalue weighted by Crippen LogP contribution is -2.48. The van der Waals surface area contributed by atoms with Crippen molar-refractivity contribution in [2.75, 3.05) is 0 Å². The predicted octanol–water partition coefficient (Wildman–Crippen LogP) is 2.33. The number of piperidine rings is 1. The molecule has 2 aromatic rings. The highest BCUT2D eigenvalue weighted by molar-refractivity contribution is 6.04. The van der Waals surface area contributed by atoms with E-state index in [1.165, 1.54) is 0 Å². The number of likely N-dealkylation sites (tertiary alicyclic amines) is 1. The van der Waals surface area contributed by atoms with Crippen LogP contribution in [0.3, 0.4) is 0 Å². The third-order valence-corrected chi connectivity index (χ3v) is 4.33. The molecule has 0 aliphatic carbocycles. The number of H-pyrrole nitrogens is 1. The number of carbonyl (C=O) groups is 1. The van der Waals surface area contributed by atoms with Crippen LogP contribution >= 0.6 is 0 Å². The van der Waals surface area contributed by atoms with Gasteiger partial charge in [-0.1, -0.05) is 18.2 Å². The number of carbonyl (C=O) groups excluding carboxylic acids is 1. The number of rotatable bonds is 1. The molecule has 2 heterocycles. The molecule has 1 N–H and O–H groups in total. The summed E-state index contributed by atoms with van der Waals surface area (Å²) in [6.45, 7) is 4.14. The smallest absolute Gasteiger partial charge is 0.275 e. The number of benzene rings is 1. The van der Waals surface area contributed by atoms with Gasteiger partial charge >= 0.3 is 0 Å². The first kappa shape index (κ1) is 13.8. The van der Waals surface area contributed by atoms with Crippen molar-refractivity contribution >= 4 is 16.7 Å². The first-order valence-corrected chi connectivity index (χ1v) is 7.39. The second-order valence-electron chi connectivity index (χ2n) is 5.79. The highest BCUT2D eigenvalue weighted by atomic mass is 16.2. The lowest BCUT2D eigenvalue weighted by molar-refractivity contribution is 0.0505. The van der Waals surface area contributed by atoms with E-state index < -0.39 is 0 Å². The van der Waals surface area contributed by atoms with Gasteiger partial charge in [0.25, 0.3) is 11.5 Å². The van der Waals surface area contributed by atoms with Crippen LogP contribution in [0.1, 0.15) is 43.6 Å². The Bertz CT molecular complexity index is 728. The molecule has 0 bridgehead atoms. The quantitative estimate of drug-likeness (QED) is 0.874. The molecule has 5 nitrogen and oxygen atoms in total. The summed E-state index contributed by atoms with van der Waals surface area (Å²) < 4.78 is 0. The molecule has 5 heteroatoms. The van der Waals surface area contributed by atoms with Crippen LogP contribution in [0, 0.1) is 0 Å². The summed E-state index contributed by atoms with van der Waals surface area (Å²) in [7, 11) is 0. The van der Waals surface area contributed by atoms with E-state index in [0.29, 0.717) is 16.5 Å². The third kappa shape index (κ3) is 2.33. The third-order valence-electron chi connectivity index (χ3n) is 4.33. The molecule has 21 heavy (non-hydrogen) atoms. The molecule has 0 radical (unpaired) electrons. The van der Waals surface area contributed by atoms with E-state index in [1.807, 2.05) is 11.0 Å². The van der Waals surface area contributed by atoms with E-state index in [1.54, 1.807) is 18.2 Å². The molecule has 0 spiro atoms. The van der Waals surface area contributed by atoms with Crippen molar-refractivity contribution < 1.29 is 4.79 Å². The van der Waals surface area contributed by atoms with E-state index in [4.69, 9.17) is 0 Å². The zero-order valence-electron chi connectivity index (χ0n) is 12.3. The standard InChI is InChI=1S/C16H19N3O2/c1-10-6-5-7-11(2)19(10)16(21)14-12-8-3-4-9-13(12)15(20)18-17-14/h3-4,8-11H,5-7H2,1-2H3,(H,18,20)/t10-,11+. The Kier molecular flexibility index (Phi) is 3.49. The van der Waals surface area contributed by atoms with Crippen LogP contribution < -0.4 is 5.56 Å². The number of amides is 1. The Morgan fingerprint density at radius 2 is 1.81 bits per heavy atom. The van der Waals surface area contributed by atoms with Crippen LogP contribution in [-0.2, 0) is 0 Å². The van der Waals surface area contributed by atoms with E-state index in [9.17, 15) is 9.59 Å². The van der Waals surface area contributed by atoms with Gasteiger partial charge in [-0.2, -0.15) is 5.10 Å². The van der Waals surface area contributed by atoms with E-state index in [-0.39, 0.29) is 23.6 Å². The minimum atomic E-state index is -0.262. The topological polar surface area (TPSA) is 66.1 Å². The molecule has 1 amide bonds. The second-order valence-corrected chi connectivity index (χ2v) is 5.79. The Balaban J connectivity index is 2.10. The summed E-state index contributed by atoms with van der Waals surface area (Å²) in [6.07, 6.45) is 3.17. The zero-order chi connectivity index (χ0) is 15.0.